The number of halogens is 1. The molecular formula is C25H24FN3O4. The van der Waals surface area contributed by atoms with Crippen LogP contribution in [0.5, 0.6) is 0 Å². The minimum Gasteiger partial charge on any atom is -0.404 e. The number of carbonyl (C=O) groups is 2. The summed E-state index contributed by atoms with van der Waals surface area (Å²) in [6.07, 6.45) is 7.38. The molecule has 3 heterocycles. The first-order valence-electron chi connectivity index (χ1n) is 10.9. The lowest BCUT2D eigenvalue weighted by Crippen LogP contribution is -2.65. The number of fused-ring (bicyclic) bond motifs is 1. The highest BCUT2D eigenvalue weighted by atomic mass is 19.1. The quantitative estimate of drug-likeness (QED) is 0.525. The van der Waals surface area contributed by atoms with E-state index in [1.165, 1.54) is 23.4 Å². The van der Waals surface area contributed by atoms with Crippen LogP contribution in [0.15, 0.2) is 54.8 Å². The van der Waals surface area contributed by atoms with Gasteiger partial charge in [0, 0.05) is 44.0 Å². The largest absolute Gasteiger partial charge is 0.404 e. The molecule has 1 spiro atoms. The Hall–Kier alpha value is -3.36. The van der Waals surface area contributed by atoms with Crippen molar-refractivity contribution in [1.82, 2.24) is 14.8 Å². The molecule has 1 aliphatic carbocycles. The van der Waals surface area contributed by atoms with E-state index in [2.05, 4.69) is 23.2 Å². The van der Waals surface area contributed by atoms with Gasteiger partial charge in [0.15, 0.2) is 0 Å². The number of pyridine rings is 1. The fourth-order valence-electron chi connectivity index (χ4n) is 4.67. The number of allylic oxidation sites excluding steroid dienone is 1. The van der Waals surface area contributed by atoms with Crippen molar-refractivity contribution >= 4 is 17.5 Å². The maximum Gasteiger partial charge on any atom is 0.335 e. The van der Waals surface area contributed by atoms with Gasteiger partial charge < -0.3 is 9.47 Å². The number of nitrogens with zero attached hydrogens (tertiary/aromatic N) is 3. The molecule has 5 rings (SSSR count). The summed E-state index contributed by atoms with van der Waals surface area (Å²) in [5, 5.41) is 0. The Balaban J connectivity index is 1.33. The van der Waals surface area contributed by atoms with Gasteiger partial charge in [-0.3, -0.25) is 4.90 Å². The van der Waals surface area contributed by atoms with Crippen LogP contribution in [0, 0.1) is 5.95 Å². The van der Waals surface area contributed by atoms with Crippen LogP contribution in [-0.2, 0) is 25.5 Å². The summed E-state index contributed by atoms with van der Waals surface area (Å²) < 4.78 is 24.7. The molecule has 0 bridgehead atoms. The Morgan fingerprint density at radius 2 is 1.82 bits per heavy atom. The Kier molecular flexibility index (Phi) is 5.55. The number of likely N-dealkylation sites (N-methyl/N-ethyl adjacent to an activating group) is 1. The second-order valence-electron chi connectivity index (χ2n) is 8.54. The van der Waals surface area contributed by atoms with Gasteiger partial charge in [0.05, 0.1) is 6.54 Å². The first kappa shape index (κ1) is 21.5. The van der Waals surface area contributed by atoms with Crippen LogP contribution >= 0.6 is 0 Å². The Labute approximate surface area is 191 Å². The number of hydrogen-bond acceptors (Lipinski definition) is 7. The van der Waals surface area contributed by atoms with Crippen LogP contribution in [0.2, 0.25) is 0 Å². The average molecular weight is 449 g/mol. The molecule has 8 heteroatoms. The van der Waals surface area contributed by atoms with Gasteiger partial charge in [-0.2, -0.15) is 4.39 Å². The third kappa shape index (κ3) is 4.31. The fraction of sp³-hybridized carbons (Fsp3) is 0.320. The van der Waals surface area contributed by atoms with Crippen LogP contribution in [0.1, 0.15) is 17.5 Å². The van der Waals surface area contributed by atoms with Crippen molar-refractivity contribution in [3.8, 4) is 11.1 Å². The van der Waals surface area contributed by atoms with E-state index in [0.29, 0.717) is 19.5 Å². The lowest BCUT2D eigenvalue weighted by molar-refractivity contribution is -0.297. The number of esters is 2. The van der Waals surface area contributed by atoms with Crippen molar-refractivity contribution < 1.29 is 23.5 Å². The molecule has 1 aromatic heterocycles. The minimum absolute atomic E-state index is 0.285. The molecule has 2 aromatic rings. The van der Waals surface area contributed by atoms with Gasteiger partial charge in [-0.15, -0.1) is 0 Å². The van der Waals surface area contributed by atoms with E-state index >= 15 is 0 Å². The number of aromatic nitrogens is 1. The highest BCUT2D eigenvalue weighted by Gasteiger charge is 2.48. The Morgan fingerprint density at radius 1 is 1.06 bits per heavy atom. The number of piperazine rings is 1. The van der Waals surface area contributed by atoms with Gasteiger partial charge in [-0.1, -0.05) is 24.3 Å². The molecule has 0 saturated carbocycles. The van der Waals surface area contributed by atoms with Gasteiger partial charge in [0.1, 0.15) is 0 Å². The Morgan fingerprint density at radius 3 is 2.58 bits per heavy atom. The Bertz CT molecular complexity index is 1160. The van der Waals surface area contributed by atoms with E-state index in [0.717, 1.165) is 41.8 Å². The van der Waals surface area contributed by atoms with Crippen molar-refractivity contribution in [1.29, 1.82) is 0 Å². The van der Waals surface area contributed by atoms with E-state index in [1.807, 2.05) is 22.9 Å². The van der Waals surface area contributed by atoms with Crippen LogP contribution in [0.25, 0.3) is 16.7 Å². The van der Waals surface area contributed by atoms with Crippen LogP contribution in [-0.4, -0.2) is 65.9 Å². The number of ether oxygens (including phenoxy) is 2. The molecule has 3 aliphatic rings. The molecule has 1 fully saturated rings. The van der Waals surface area contributed by atoms with Gasteiger partial charge in [-0.05, 0) is 53.8 Å². The topological polar surface area (TPSA) is 72.0 Å². The zero-order valence-corrected chi connectivity index (χ0v) is 18.3. The zero-order valence-electron chi connectivity index (χ0n) is 18.3. The molecule has 1 aromatic carbocycles. The van der Waals surface area contributed by atoms with Gasteiger partial charge in [-0.25, -0.2) is 19.5 Å². The van der Waals surface area contributed by atoms with Crippen molar-refractivity contribution in [2.24, 2.45) is 0 Å². The van der Waals surface area contributed by atoms with Crippen molar-refractivity contribution in [3.05, 3.63) is 71.8 Å². The lowest BCUT2D eigenvalue weighted by atomic mass is 9.98. The van der Waals surface area contributed by atoms with Crippen LogP contribution < -0.4 is 0 Å². The number of carbonyl (C=O) groups excluding carboxylic acids is 2. The molecule has 2 aliphatic heterocycles. The summed E-state index contributed by atoms with van der Waals surface area (Å²) in [5.74, 6) is -3.11. The summed E-state index contributed by atoms with van der Waals surface area (Å²) >= 11 is 0. The molecule has 0 amide bonds. The predicted octanol–water partition coefficient (Wildman–Crippen LogP) is 2.77. The average Bonchev–Trinajstić information content (AvgIpc) is 3.13. The van der Waals surface area contributed by atoms with E-state index in [1.54, 1.807) is 6.07 Å². The van der Waals surface area contributed by atoms with E-state index in [-0.39, 0.29) is 6.54 Å². The third-order valence-electron chi connectivity index (χ3n) is 6.31. The number of benzene rings is 1. The molecule has 0 atom stereocenters. The summed E-state index contributed by atoms with van der Waals surface area (Å²) in [6, 6.07) is 9.38. The summed E-state index contributed by atoms with van der Waals surface area (Å²) in [4.78, 5) is 31.8. The van der Waals surface area contributed by atoms with E-state index in [9.17, 15) is 14.0 Å². The lowest BCUT2D eigenvalue weighted by Gasteiger charge is -2.46. The normalized spacial score (nSPS) is 20.2. The molecule has 0 N–H and O–H groups in total. The van der Waals surface area contributed by atoms with Crippen molar-refractivity contribution in [3.63, 3.8) is 0 Å². The molecule has 33 heavy (non-hydrogen) atoms. The molecule has 1 saturated heterocycles. The molecule has 0 radical (unpaired) electrons. The van der Waals surface area contributed by atoms with E-state index < -0.39 is 23.8 Å². The predicted molar refractivity (Wildman–Crippen MR) is 119 cm³/mol. The second-order valence-corrected chi connectivity index (χ2v) is 8.54. The van der Waals surface area contributed by atoms with Gasteiger partial charge in [0.25, 0.3) is 0 Å². The zero-order chi connectivity index (χ0) is 23.0. The molecule has 0 unspecified atom stereocenters. The monoisotopic (exact) mass is 449 g/mol. The third-order valence-corrected chi connectivity index (χ3v) is 6.31. The number of rotatable bonds is 4. The maximum atomic E-state index is 13.5. The highest BCUT2D eigenvalue weighted by molar-refractivity contribution is 5.93. The summed E-state index contributed by atoms with van der Waals surface area (Å²) in [6.45, 7) is 2.22. The van der Waals surface area contributed by atoms with Crippen molar-refractivity contribution in [2.75, 3.05) is 33.2 Å². The van der Waals surface area contributed by atoms with Crippen LogP contribution in [0.4, 0.5) is 4.39 Å². The molecular weight excluding hydrogens is 425 g/mol. The minimum atomic E-state index is -1.43. The smallest absolute Gasteiger partial charge is 0.335 e. The fourth-order valence-corrected chi connectivity index (χ4v) is 4.67. The first-order chi connectivity index (χ1) is 15.9. The first-order valence-corrected chi connectivity index (χ1v) is 10.9. The standard InChI is InChI=1S/C25H24FN3O4/c1-28-12-13-29(25(16-28)32-23(30)6-7-24(31)33-25)11-9-17-2-3-20-14-18(4-5-21(17)20)19-8-10-27-22(26)15-19/h2,4-8,10,14-15H,3,9,11-13,16H2,1H3. The van der Waals surface area contributed by atoms with Gasteiger partial charge >= 0.3 is 17.8 Å². The summed E-state index contributed by atoms with van der Waals surface area (Å²) in [5.41, 5.74) is 5.28. The molecule has 7 nitrogen and oxygen atoms in total. The van der Waals surface area contributed by atoms with E-state index in [4.69, 9.17) is 9.47 Å². The van der Waals surface area contributed by atoms with Gasteiger partial charge in [0.2, 0.25) is 5.95 Å². The van der Waals surface area contributed by atoms with Crippen molar-refractivity contribution in [2.45, 2.75) is 18.8 Å². The number of hydrogen-bond donors (Lipinski definition) is 0. The second kappa shape index (κ2) is 8.53. The van der Waals surface area contributed by atoms with Crippen LogP contribution in [0.3, 0.4) is 0 Å². The maximum absolute atomic E-state index is 13.5. The SMILES string of the molecule is CN1CCN(CCC2=CCc3cc(-c4ccnc(F)c4)ccc32)C2(C1)OC(=O)C=CC(=O)O2. The summed E-state index contributed by atoms with van der Waals surface area (Å²) in [7, 11) is 1.90. The molecule has 170 valence electrons. The highest BCUT2D eigenvalue weighted by Crippen LogP contribution is 2.35.